The van der Waals surface area contributed by atoms with E-state index < -0.39 is 0 Å². The molecule has 80 valence electrons. The molecule has 0 radical (unpaired) electrons. The second-order valence-electron chi connectivity index (χ2n) is 4.03. The lowest BCUT2D eigenvalue weighted by atomic mass is 10.1. The minimum atomic E-state index is 0.645. The van der Waals surface area contributed by atoms with Gasteiger partial charge in [0.2, 0.25) is 0 Å². The van der Waals surface area contributed by atoms with Crippen LogP contribution in [0.3, 0.4) is 0 Å². The monoisotopic (exact) mass is 212 g/mol. The third-order valence-electron chi connectivity index (χ3n) is 2.65. The van der Waals surface area contributed by atoms with Gasteiger partial charge in [-0.15, -0.1) is 0 Å². The van der Waals surface area contributed by atoms with Gasteiger partial charge in [-0.3, -0.25) is 0 Å². The molecule has 0 amide bonds. The summed E-state index contributed by atoms with van der Waals surface area (Å²) < 4.78 is 5.76. The van der Waals surface area contributed by atoms with E-state index in [4.69, 9.17) is 4.42 Å². The molecule has 3 rings (SSSR count). The van der Waals surface area contributed by atoms with Crippen molar-refractivity contribution in [3.63, 3.8) is 0 Å². The Morgan fingerprint density at radius 1 is 1.06 bits per heavy atom. The Balaban J connectivity index is 2.41. The van der Waals surface area contributed by atoms with Crippen LogP contribution < -0.4 is 4.90 Å². The highest BCUT2D eigenvalue weighted by atomic mass is 16.4. The van der Waals surface area contributed by atoms with Gasteiger partial charge < -0.3 is 9.32 Å². The van der Waals surface area contributed by atoms with Crippen LogP contribution >= 0.6 is 0 Å². The number of benzene rings is 2. The second-order valence-corrected chi connectivity index (χ2v) is 4.03. The molecule has 0 aliphatic carbocycles. The molecule has 0 aliphatic heterocycles. The Labute approximate surface area is 93.3 Å². The molecule has 0 saturated carbocycles. The third-order valence-corrected chi connectivity index (χ3v) is 2.65. The third kappa shape index (κ3) is 1.25. The molecule has 16 heavy (non-hydrogen) atoms. The van der Waals surface area contributed by atoms with E-state index in [1.165, 1.54) is 5.39 Å². The first-order valence-electron chi connectivity index (χ1n) is 5.21. The predicted octanol–water partition coefficient (Wildman–Crippen LogP) is 3.05. The Kier molecular flexibility index (Phi) is 1.86. The van der Waals surface area contributed by atoms with Crippen LogP contribution in [0.15, 0.2) is 40.8 Å². The van der Waals surface area contributed by atoms with E-state index >= 15 is 0 Å². The fourth-order valence-electron chi connectivity index (χ4n) is 1.84. The lowest BCUT2D eigenvalue weighted by molar-refractivity contribution is 0.599. The summed E-state index contributed by atoms with van der Waals surface area (Å²) in [5, 5.41) is 2.29. The van der Waals surface area contributed by atoms with Crippen LogP contribution in [0.4, 0.5) is 6.01 Å². The summed E-state index contributed by atoms with van der Waals surface area (Å²) in [5.41, 5.74) is 1.77. The zero-order chi connectivity index (χ0) is 11.1. The fourth-order valence-corrected chi connectivity index (χ4v) is 1.84. The van der Waals surface area contributed by atoms with Gasteiger partial charge in [0.25, 0.3) is 6.01 Å². The highest BCUT2D eigenvalue weighted by Gasteiger charge is 2.09. The summed E-state index contributed by atoms with van der Waals surface area (Å²) in [6, 6.07) is 12.9. The van der Waals surface area contributed by atoms with Crippen molar-refractivity contribution in [2.24, 2.45) is 0 Å². The van der Waals surface area contributed by atoms with Gasteiger partial charge in [0, 0.05) is 19.5 Å². The number of anilines is 1. The molecule has 3 heteroatoms. The fraction of sp³-hybridized carbons (Fsp3) is 0.154. The topological polar surface area (TPSA) is 29.3 Å². The van der Waals surface area contributed by atoms with Crippen molar-refractivity contribution in [2.75, 3.05) is 19.0 Å². The van der Waals surface area contributed by atoms with Crippen molar-refractivity contribution in [1.29, 1.82) is 0 Å². The molecule has 3 nitrogen and oxygen atoms in total. The summed E-state index contributed by atoms with van der Waals surface area (Å²) in [6.45, 7) is 0. The van der Waals surface area contributed by atoms with Crippen LogP contribution in [0.1, 0.15) is 0 Å². The minimum absolute atomic E-state index is 0.645. The van der Waals surface area contributed by atoms with Gasteiger partial charge in [-0.25, -0.2) is 0 Å². The lowest BCUT2D eigenvalue weighted by Crippen LogP contribution is -2.08. The highest BCUT2D eigenvalue weighted by molar-refractivity contribution is 6.03. The van der Waals surface area contributed by atoms with Crippen LogP contribution in [0.5, 0.6) is 0 Å². The van der Waals surface area contributed by atoms with E-state index in [-0.39, 0.29) is 0 Å². The largest absolute Gasteiger partial charge is 0.423 e. The quantitative estimate of drug-likeness (QED) is 0.620. The van der Waals surface area contributed by atoms with E-state index in [0.29, 0.717) is 6.01 Å². The molecule has 0 bridgehead atoms. The standard InChI is InChI=1S/C13H12N2O/c1-15(2)13-14-11-8-7-9-5-3-4-6-10(9)12(11)16-13/h3-8H,1-2H3. The van der Waals surface area contributed by atoms with E-state index in [1.54, 1.807) is 0 Å². The number of aromatic nitrogens is 1. The maximum absolute atomic E-state index is 5.76. The summed E-state index contributed by atoms with van der Waals surface area (Å²) in [5.74, 6) is 0. The van der Waals surface area contributed by atoms with Crippen LogP contribution in [0.2, 0.25) is 0 Å². The van der Waals surface area contributed by atoms with Gasteiger partial charge in [0.05, 0.1) is 0 Å². The molecule has 0 saturated heterocycles. The van der Waals surface area contributed by atoms with Crippen LogP contribution in [0, 0.1) is 0 Å². The number of nitrogens with zero attached hydrogens (tertiary/aromatic N) is 2. The number of rotatable bonds is 1. The molecular weight excluding hydrogens is 200 g/mol. The molecule has 1 aromatic heterocycles. The van der Waals surface area contributed by atoms with Gasteiger partial charge in [-0.2, -0.15) is 4.98 Å². The smallest absolute Gasteiger partial charge is 0.297 e. The SMILES string of the molecule is CN(C)c1nc2ccc3ccccc3c2o1. The Morgan fingerprint density at radius 3 is 2.69 bits per heavy atom. The van der Waals surface area contributed by atoms with Crippen LogP contribution in [0.25, 0.3) is 21.9 Å². The van der Waals surface area contributed by atoms with E-state index in [9.17, 15) is 0 Å². The average molecular weight is 212 g/mol. The lowest BCUT2D eigenvalue weighted by Gasteiger charge is -2.03. The van der Waals surface area contributed by atoms with Gasteiger partial charge in [-0.05, 0) is 11.5 Å². The number of hydrogen-bond acceptors (Lipinski definition) is 3. The van der Waals surface area contributed by atoms with Gasteiger partial charge in [-0.1, -0.05) is 30.3 Å². The van der Waals surface area contributed by atoms with Crippen molar-refractivity contribution in [1.82, 2.24) is 4.98 Å². The Bertz CT molecular complexity index is 655. The predicted molar refractivity (Wildman–Crippen MR) is 65.8 cm³/mol. The Morgan fingerprint density at radius 2 is 1.88 bits per heavy atom. The second kappa shape index (κ2) is 3.23. The molecular formula is C13H12N2O. The molecule has 0 unspecified atom stereocenters. The Hall–Kier alpha value is -2.03. The van der Waals surface area contributed by atoms with E-state index in [2.05, 4.69) is 23.2 Å². The van der Waals surface area contributed by atoms with Crippen molar-refractivity contribution in [3.8, 4) is 0 Å². The molecule has 0 N–H and O–H groups in total. The maximum Gasteiger partial charge on any atom is 0.297 e. The molecule has 1 heterocycles. The van der Waals surface area contributed by atoms with Crippen LogP contribution in [-0.4, -0.2) is 19.1 Å². The van der Waals surface area contributed by atoms with Crippen molar-refractivity contribution in [3.05, 3.63) is 36.4 Å². The molecule has 0 fully saturated rings. The first-order valence-corrected chi connectivity index (χ1v) is 5.21. The molecule has 3 aromatic rings. The van der Waals surface area contributed by atoms with Crippen molar-refractivity contribution < 1.29 is 4.42 Å². The summed E-state index contributed by atoms with van der Waals surface area (Å²) in [7, 11) is 3.85. The molecule has 0 atom stereocenters. The average Bonchev–Trinajstić information content (AvgIpc) is 2.73. The van der Waals surface area contributed by atoms with Gasteiger partial charge in [0.15, 0.2) is 5.58 Å². The maximum atomic E-state index is 5.76. The molecule has 0 spiro atoms. The summed E-state index contributed by atoms with van der Waals surface area (Å²) in [4.78, 5) is 6.29. The summed E-state index contributed by atoms with van der Waals surface area (Å²) in [6.07, 6.45) is 0. The van der Waals surface area contributed by atoms with E-state index in [1.807, 2.05) is 37.2 Å². The molecule has 2 aromatic carbocycles. The zero-order valence-electron chi connectivity index (χ0n) is 9.27. The van der Waals surface area contributed by atoms with Crippen molar-refractivity contribution >= 4 is 27.9 Å². The molecule has 0 aliphatic rings. The number of oxazole rings is 1. The first kappa shape index (κ1) is 9.21. The number of fused-ring (bicyclic) bond motifs is 3. The van der Waals surface area contributed by atoms with Gasteiger partial charge >= 0.3 is 0 Å². The van der Waals surface area contributed by atoms with E-state index in [0.717, 1.165) is 16.5 Å². The minimum Gasteiger partial charge on any atom is -0.423 e. The highest BCUT2D eigenvalue weighted by Crippen LogP contribution is 2.28. The summed E-state index contributed by atoms with van der Waals surface area (Å²) >= 11 is 0. The normalized spacial score (nSPS) is 11.1. The van der Waals surface area contributed by atoms with Crippen LogP contribution in [-0.2, 0) is 0 Å². The first-order chi connectivity index (χ1) is 7.75. The number of hydrogen-bond donors (Lipinski definition) is 0. The zero-order valence-corrected chi connectivity index (χ0v) is 9.27. The van der Waals surface area contributed by atoms with Gasteiger partial charge in [0.1, 0.15) is 5.52 Å². The van der Waals surface area contributed by atoms with Crippen molar-refractivity contribution in [2.45, 2.75) is 0 Å².